The molecule has 172 valence electrons. The molecule has 0 aromatic carbocycles. The Bertz CT molecular complexity index is 1020. The summed E-state index contributed by atoms with van der Waals surface area (Å²) < 4.78 is 17.1. The molecular formula is C25H29ClO6. The number of ketones is 1. The number of fused-ring (bicyclic) bond motifs is 5. The molecule has 0 radical (unpaired) electrons. The molecule has 1 N–H and O–H groups in total. The lowest BCUT2D eigenvalue weighted by atomic mass is 9.66. The third-order valence-electron chi connectivity index (χ3n) is 6.80. The number of cyclic esters (lactones) is 1. The van der Waals surface area contributed by atoms with E-state index in [0.717, 1.165) is 12.0 Å². The van der Waals surface area contributed by atoms with Gasteiger partial charge in [0.15, 0.2) is 5.79 Å². The van der Waals surface area contributed by atoms with E-state index in [9.17, 15) is 14.7 Å². The third kappa shape index (κ3) is 3.58. The molecule has 0 saturated carbocycles. The first-order chi connectivity index (χ1) is 15.0. The summed E-state index contributed by atoms with van der Waals surface area (Å²) in [7, 11) is 0. The van der Waals surface area contributed by atoms with E-state index < -0.39 is 41.1 Å². The minimum absolute atomic E-state index is 0.000248. The standard InChI is InChI=1S/C25H29ClO6/c1-6-13(2)9-14(3)7-8-16-10-17-18(12-30-16)19-20-23(28)31-15(4)11-25(20,29)32-24(19,5)22(27)21(17)26/h7-10,12-13,15,19-20,29H,6,11H2,1-5H3/b8-7+,14-9+/t13-,15-,19+,20-,24+,25+/m1/s1. The van der Waals surface area contributed by atoms with Crippen LogP contribution in [0.2, 0.25) is 0 Å². The highest BCUT2D eigenvalue weighted by Gasteiger charge is 2.70. The second-order valence-corrected chi connectivity index (χ2v) is 9.76. The van der Waals surface area contributed by atoms with Crippen molar-refractivity contribution >= 4 is 23.4 Å². The molecule has 1 aliphatic carbocycles. The van der Waals surface area contributed by atoms with Gasteiger partial charge < -0.3 is 19.3 Å². The summed E-state index contributed by atoms with van der Waals surface area (Å²) >= 11 is 6.50. The van der Waals surface area contributed by atoms with Crippen molar-refractivity contribution in [3.8, 4) is 0 Å². The number of hydrogen-bond acceptors (Lipinski definition) is 6. The summed E-state index contributed by atoms with van der Waals surface area (Å²) in [4.78, 5) is 26.1. The Hall–Kier alpha value is -2.15. The molecule has 6 atom stereocenters. The number of Topliss-reactive ketones (excluding diaryl/α,β-unsaturated/α-hetero) is 1. The smallest absolute Gasteiger partial charge is 0.315 e. The minimum atomic E-state index is -1.81. The molecule has 0 aromatic rings. The van der Waals surface area contributed by atoms with Gasteiger partial charge in [0.2, 0.25) is 5.78 Å². The van der Waals surface area contributed by atoms with Gasteiger partial charge in [0.1, 0.15) is 23.4 Å². The number of hydrogen-bond donors (Lipinski definition) is 1. The predicted octanol–water partition coefficient (Wildman–Crippen LogP) is 4.45. The van der Waals surface area contributed by atoms with Gasteiger partial charge in [-0.25, -0.2) is 0 Å². The quantitative estimate of drug-likeness (QED) is 0.493. The lowest BCUT2D eigenvalue weighted by Gasteiger charge is -2.38. The molecule has 32 heavy (non-hydrogen) atoms. The minimum Gasteiger partial charge on any atom is -0.465 e. The second-order valence-electron chi connectivity index (χ2n) is 9.38. The van der Waals surface area contributed by atoms with Crippen molar-refractivity contribution < 1.29 is 28.9 Å². The third-order valence-corrected chi connectivity index (χ3v) is 7.17. The van der Waals surface area contributed by atoms with Gasteiger partial charge in [-0.05, 0) is 38.8 Å². The lowest BCUT2D eigenvalue weighted by Crippen LogP contribution is -2.50. The fourth-order valence-electron chi connectivity index (χ4n) is 5.10. The fourth-order valence-corrected chi connectivity index (χ4v) is 5.45. The molecule has 2 saturated heterocycles. The van der Waals surface area contributed by atoms with E-state index in [1.807, 2.05) is 19.1 Å². The van der Waals surface area contributed by atoms with Gasteiger partial charge in [-0.15, -0.1) is 0 Å². The van der Waals surface area contributed by atoms with E-state index in [1.165, 1.54) is 6.26 Å². The maximum atomic E-state index is 13.3. The van der Waals surface area contributed by atoms with Crippen molar-refractivity contribution in [1.82, 2.24) is 0 Å². The number of ether oxygens (including phenoxy) is 3. The molecule has 2 fully saturated rings. The molecule has 7 heteroatoms. The molecule has 3 heterocycles. The topological polar surface area (TPSA) is 82.1 Å². The van der Waals surface area contributed by atoms with Crippen LogP contribution < -0.4 is 0 Å². The molecule has 0 amide bonds. The van der Waals surface area contributed by atoms with Gasteiger partial charge in [0.05, 0.1) is 11.3 Å². The van der Waals surface area contributed by atoms with E-state index in [-0.39, 0.29) is 11.5 Å². The van der Waals surface area contributed by atoms with Crippen LogP contribution in [0.5, 0.6) is 0 Å². The van der Waals surface area contributed by atoms with Crippen LogP contribution in [0.3, 0.4) is 0 Å². The summed E-state index contributed by atoms with van der Waals surface area (Å²) in [5, 5.41) is 11.2. The number of allylic oxidation sites excluding steroid dienone is 6. The van der Waals surface area contributed by atoms with E-state index >= 15 is 0 Å². The van der Waals surface area contributed by atoms with Crippen LogP contribution in [0.15, 0.2) is 58.1 Å². The number of aliphatic hydroxyl groups is 1. The van der Waals surface area contributed by atoms with Crippen LogP contribution in [-0.2, 0) is 23.8 Å². The Balaban J connectivity index is 1.70. The monoisotopic (exact) mass is 460 g/mol. The Morgan fingerprint density at radius 2 is 2.09 bits per heavy atom. The molecule has 4 rings (SSSR count). The average molecular weight is 461 g/mol. The number of carbonyl (C=O) groups excluding carboxylic acids is 2. The summed E-state index contributed by atoms with van der Waals surface area (Å²) in [6.07, 6.45) is 9.73. The van der Waals surface area contributed by atoms with Gasteiger partial charge >= 0.3 is 5.97 Å². The molecule has 0 unspecified atom stereocenters. The Labute approximate surface area is 193 Å². The highest BCUT2D eigenvalue weighted by molar-refractivity contribution is 6.45. The summed E-state index contributed by atoms with van der Waals surface area (Å²) in [6.45, 7) is 9.55. The molecule has 4 aliphatic rings. The zero-order valence-corrected chi connectivity index (χ0v) is 19.7. The van der Waals surface area contributed by atoms with Gasteiger partial charge in [-0.3, -0.25) is 9.59 Å². The summed E-state index contributed by atoms with van der Waals surface area (Å²) in [5.41, 5.74) is 0.635. The van der Waals surface area contributed by atoms with Crippen LogP contribution in [0.25, 0.3) is 0 Å². The van der Waals surface area contributed by atoms with Crippen LogP contribution in [0.4, 0.5) is 0 Å². The highest BCUT2D eigenvalue weighted by Crippen LogP contribution is 2.58. The van der Waals surface area contributed by atoms with Crippen LogP contribution in [-0.4, -0.2) is 34.4 Å². The van der Waals surface area contributed by atoms with Crippen molar-refractivity contribution in [2.45, 2.75) is 65.0 Å². The first-order valence-corrected chi connectivity index (χ1v) is 11.4. The number of halogens is 1. The second kappa shape index (κ2) is 8.01. The first kappa shape index (κ1) is 23.0. The van der Waals surface area contributed by atoms with Crippen molar-refractivity contribution in [1.29, 1.82) is 0 Å². The molecule has 3 aliphatic heterocycles. The normalized spacial score (nSPS) is 37.8. The summed E-state index contributed by atoms with van der Waals surface area (Å²) in [5.74, 6) is -3.69. The van der Waals surface area contributed by atoms with Crippen molar-refractivity contribution in [2.24, 2.45) is 17.8 Å². The Morgan fingerprint density at radius 3 is 2.78 bits per heavy atom. The average Bonchev–Trinajstić information content (AvgIpc) is 2.98. The van der Waals surface area contributed by atoms with Crippen molar-refractivity contribution in [3.63, 3.8) is 0 Å². The SMILES string of the molecule is CC[C@@H](C)/C=C(C)/C=C/C1=CC2=C(Cl)C(=O)[C@@]3(C)O[C@@]4(O)C[C@@H](C)OC(=O)[C@H]4[C@@H]3C2=CO1. The van der Waals surface area contributed by atoms with E-state index in [0.29, 0.717) is 22.8 Å². The van der Waals surface area contributed by atoms with Gasteiger partial charge in [-0.1, -0.05) is 49.6 Å². The van der Waals surface area contributed by atoms with Crippen molar-refractivity contribution in [3.05, 3.63) is 58.1 Å². The van der Waals surface area contributed by atoms with Crippen molar-refractivity contribution in [2.75, 3.05) is 0 Å². The molecular weight excluding hydrogens is 432 g/mol. The van der Waals surface area contributed by atoms with E-state index in [2.05, 4.69) is 19.9 Å². The first-order valence-electron chi connectivity index (χ1n) is 11.0. The molecule has 0 spiro atoms. The van der Waals surface area contributed by atoms with Gasteiger partial charge in [0, 0.05) is 23.5 Å². The zero-order chi connectivity index (χ0) is 23.4. The van der Waals surface area contributed by atoms with Crippen LogP contribution >= 0.6 is 11.6 Å². The fraction of sp³-hybridized carbons (Fsp3) is 0.520. The van der Waals surface area contributed by atoms with Gasteiger partial charge in [-0.2, -0.15) is 0 Å². The number of carbonyl (C=O) groups is 2. The summed E-state index contributed by atoms with van der Waals surface area (Å²) in [6, 6.07) is 0. The molecule has 6 nitrogen and oxygen atoms in total. The molecule has 0 aromatic heterocycles. The van der Waals surface area contributed by atoms with E-state index in [1.54, 1.807) is 19.9 Å². The zero-order valence-electron chi connectivity index (χ0n) is 19.0. The van der Waals surface area contributed by atoms with Gasteiger partial charge in [0.25, 0.3) is 0 Å². The lowest BCUT2D eigenvalue weighted by molar-refractivity contribution is -0.260. The van der Waals surface area contributed by atoms with Crippen LogP contribution in [0.1, 0.15) is 47.5 Å². The molecule has 0 bridgehead atoms. The van der Waals surface area contributed by atoms with E-state index in [4.69, 9.17) is 25.8 Å². The maximum absolute atomic E-state index is 13.3. The predicted molar refractivity (Wildman–Crippen MR) is 119 cm³/mol. The highest BCUT2D eigenvalue weighted by atomic mass is 35.5. The number of rotatable bonds is 4. The maximum Gasteiger partial charge on any atom is 0.315 e. The Kier molecular flexibility index (Phi) is 5.76. The van der Waals surface area contributed by atoms with Crippen LogP contribution in [0, 0.1) is 17.8 Å². The Morgan fingerprint density at radius 1 is 1.38 bits per heavy atom. The number of esters is 1. The largest absolute Gasteiger partial charge is 0.465 e.